The molecule has 0 fully saturated rings. The van der Waals surface area contributed by atoms with Gasteiger partial charge >= 0.3 is 0 Å². The molecule has 114 heavy (non-hydrogen) atoms. The summed E-state index contributed by atoms with van der Waals surface area (Å²) < 4.78 is 8.12. The van der Waals surface area contributed by atoms with Crippen molar-refractivity contribution in [2.45, 2.75) is 119 Å². The van der Waals surface area contributed by atoms with Crippen LogP contribution in [-0.2, 0) is 16.6 Å². The Balaban J connectivity index is 0.000000133. The molecule has 4 amide bonds. The van der Waals surface area contributed by atoms with E-state index in [1.54, 1.807) is 68.3 Å². The van der Waals surface area contributed by atoms with Gasteiger partial charge in [0.05, 0.1) is 80.5 Å². The van der Waals surface area contributed by atoms with Crippen LogP contribution in [0.2, 0.25) is 15.1 Å². The van der Waals surface area contributed by atoms with Crippen molar-refractivity contribution in [1.82, 2.24) is 120 Å². The van der Waals surface area contributed by atoms with Gasteiger partial charge in [-0.1, -0.05) is 72.4 Å². The second-order valence-corrected chi connectivity index (χ2v) is 32.1. The Morgan fingerprint density at radius 1 is 0.430 bits per heavy atom. The number of hydrogen-bond donors (Lipinski definition) is 12. The van der Waals surface area contributed by atoms with Gasteiger partial charge in [0, 0.05) is 99.6 Å². The molecule has 16 rings (SSSR count). The number of rotatable bonds is 12. The van der Waals surface area contributed by atoms with Crippen LogP contribution in [0.15, 0.2) is 103 Å². The van der Waals surface area contributed by atoms with Gasteiger partial charge in [-0.05, 0) is 147 Å². The molecule has 0 saturated heterocycles. The molecule has 4 aromatic carbocycles. The van der Waals surface area contributed by atoms with Gasteiger partial charge in [0.25, 0.3) is 23.6 Å². The Hall–Kier alpha value is -12.3. The maximum Gasteiger partial charge on any atom is 0.251 e. The van der Waals surface area contributed by atoms with E-state index in [9.17, 15) is 19.2 Å². The number of amides is 4. The van der Waals surface area contributed by atoms with Crippen LogP contribution in [0.5, 0.6) is 0 Å². The highest BCUT2D eigenvalue weighted by atomic mass is 79.9. The van der Waals surface area contributed by atoms with E-state index in [1.165, 1.54) is 25.3 Å². The normalized spacial score (nSPS) is 11.9. The lowest BCUT2D eigenvalue weighted by Gasteiger charge is -2.19. The van der Waals surface area contributed by atoms with Gasteiger partial charge in [0.1, 0.15) is 71.4 Å². The number of fused-ring (bicyclic) bond motifs is 8. The first kappa shape index (κ1) is 79.7. The highest BCUT2D eigenvalue weighted by Gasteiger charge is 2.32. The molecule has 32 nitrogen and oxygen atoms in total. The molecule has 16 N–H and O–H groups in total. The van der Waals surface area contributed by atoms with Crippen molar-refractivity contribution in [2.75, 3.05) is 50.6 Å². The van der Waals surface area contributed by atoms with E-state index < -0.39 is 0 Å². The predicted octanol–water partition coefficient (Wildman–Crippen LogP) is 14.4. The zero-order chi connectivity index (χ0) is 82.1. The van der Waals surface area contributed by atoms with Gasteiger partial charge in [0.15, 0.2) is 22.6 Å². The van der Waals surface area contributed by atoms with Crippen LogP contribution in [-0.4, -0.2) is 150 Å². The van der Waals surface area contributed by atoms with Crippen LogP contribution < -0.4 is 44.2 Å². The minimum atomic E-state index is -0.320. The van der Waals surface area contributed by atoms with E-state index in [-0.39, 0.29) is 46.3 Å². The zero-order valence-electron chi connectivity index (χ0n) is 65.0. The van der Waals surface area contributed by atoms with Crippen molar-refractivity contribution < 1.29 is 19.2 Å². The summed E-state index contributed by atoms with van der Waals surface area (Å²) in [6, 6.07) is 21.6. The number of carbonyl (C=O) groups excluding carboxylic acids is 4. The topological polar surface area (TPSA) is 458 Å². The second kappa shape index (κ2) is 31.0. The van der Waals surface area contributed by atoms with Crippen LogP contribution in [0.25, 0.3) is 133 Å². The number of nitrogen functional groups attached to an aromatic ring is 4. The number of H-pyrrole nitrogens is 4. The summed E-state index contributed by atoms with van der Waals surface area (Å²) in [5.41, 5.74) is 36.6. The zero-order valence-corrected chi connectivity index (χ0v) is 68.9. The quantitative estimate of drug-likeness (QED) is 0.0505. The molecule has 12 aromatic heterocycles. The number of carbonyl (C=O) groups is 4. The van der Waals surface area contributed by atoms with Crippen LogP contribution in [0.3, 0.4) is 0 Å². The third-order valence-corrected chi connectivity index (χ3v) is 20.8. The first-order valence-corrected chi connectivity index (χ1v) is 38.2. The molecule has 0 bridgehead atoms. The molecule has 0 unspecified atom stereocenters. The molecule has 0 radical (unpaired) electrons. The van der Waals surface area contributed by atoms with Crippen molar-refractivity contribution in [3.63, 3.8) is 0 Å². The fourth-order valence-electron chi connectivity index (χ4n) is 13.2. The summed E-state index contributed by atoms with van der Waals surface area (Å²) in [5, 5.41) is 37.3. The van der Waals surface area contributed by atoms with Gasteiger partial charge in [0.2, 0.25) is 0 Å². The number of nitrogens with one attached hydrogen (secondary N) is 8. The Labute approximate surface area is 675 Å². The summed E-state index contributed by atoms with van der Waals surface area (Å²) >= 11 is 23.7. The lowest BCUT2D eigenvalue weighted by molar-refractivity contribution is 0.0947. The Kier molecular flexibility index (Phi) is 21.7. The van der Waals surface area contributed by atoms with Crippen molar-refractivity contribution in [2.24, 2.45) is 0 Å². The van der Waals surface area contributed by atoms with E-state index in [4.69, 9.17) is 73.0 Å². The minimum absolute atomic E-state index is 0.0820. The predicted molar refractivity (Wildman–Crippen MR) is 454 cm³/mol. The van der Waals surface area contributed by atoms with Gasteiger partial charge in [-0.3, -0.25) is 19.2 Å². The molecule has 0 spiro atoms. The minimum Gasteiger partial charge on any atom is -0.383 e. The van der Waals surface area contributed by atoms with Crippen LogP contribution in [0, 0.1) is 0 Å². The Morgan fingerprint density at radius 3 is 1.04 bits per heavy atom. The number of unbranched alkanes of at least 4 members (excludes halogenated alkanes) is 1. The average Bonchev–Trinajstić information content (AvgIpc) is 1.60. The Bertz CT molecular complexity index is 6300. The van der Waals surface area contributed by atoms with Crippen molar-refractivity contribution in [3.05, 3.63) is 140 Å². The number of nitrogens with zero attached hydrogens (tertiary/aromatic N) is 16. The molecular weight excluding hydrogens is 1580 g/mol. The number of aromatic nitrogens is 20. The molecule has 36 heteroatoms. The highest BCUT2D eigenvalue weighted by Crippen LogP contribution is 2.45. The molecule has 588 valence electrons. The standard InChI is InChI=1S/C22H26ClN7O.C19H20BrN7O.C19H20ClN7O.C18H18ClN7O/c1-5-6-9-25-21(31)12-7-8-13-14(10-12)28-18(16(13)23)17-15-19(24)26-11-27-20(15)30(29-17)22(2,3)4;2*1-19(2,3)27-17-12(16(21)23-8-24-17)14(26-27)15-13(20)10-6-5-9(18(28)22-4)7-11(10)25-15;1-8(2)26-17-12(16(20)22-7-23-17)14(25-26)15-13(19)10-5-4-9(18(27)21-3)6-11(10)24-15/h7-8,10-11,28H,5-6,9H2,1-4H3,(H,25,31)(H2,24,26,27);2*5-8,25H,1-4H3,(H,22,28)(H2,21,23,24);4-8,24H,1-3H3,(H,21,27)(H2,20,22,23). The third-order valence-electron chi connectivity index (χ3n) is 18.8. The molecule has 0 atom stereocenters. The van der Waals surface area contributed by atoms with Gasteiger partial charge in [-0.15, -0.1) is 0 Å². The van der Waals surface area contributed by atoms with Gasteiger partial charge in [-0.2, -0.15) is 20.4 Å². The van der Waals surface area contributed by atoms with Gasteiger partial charge < -0.3 is 64.1 Å². The van der Waals surface area contributed by atoms with Crippen LogP contribution >= 0.6 is 50.7 Å². The van der Waals surface area contributed by atoms with Crippen molar-refractivity contribution in [3.8, 4) is 45.6 Å². The smallest absolute Gasteiger partial charge is 0.251 e. The fourth-order valence-corrected chi connectivity index (χ4v) is 14.7. The summed E-state index contributed by atoms with van der Waals surface area (Å²) in [6.45, 7) is 25.1. The highest BCUT2D eigenvalue weighted by molar-refractivity contribution is 9.10. The van der Waals surface area contributed by atoms with Crippen LogP contribution in [0.4, 0.5) is 23.3 Å². The SMILES string of the molecule is CCCCNC(=O)c1ccc2c(Cl)c(-c3nn(C(C)(C)C)c4ncnc(N)c34)[nH]c2c1.CNC(=O)c1ccc2c(Br)c(-c3nn(C(C)(C)C)c4ncnc(N)c34)[nH]c2c1.CNC(=O)c1ccc2c(Cl)c(-c3nn(C(C)(C)C)c4ncnc(N)c34)[nH]c2c1.CNC(=O)c1ccc2c(Cl)c(-c3nn(C(C)C)c4ncnc(N)c34)[nH]c2c1. The van der Waals surface area contributed by atoms with Gasteiger partial charge in [-0.25, -0.2) is 58.6 Å². The molecule has 0 saturated carbocycles. The number of aromatic amines is 4. The van der Waals surface area contributed by atoms with E-state index in [2.05, 4.69) is 130 Å². The molecule has 0 aliphatic rings. The lowest BCUT2D eigenvalue weighted by Crippen LogP contribution is -2.24. The molecule has 0 aliphatic heterocycles. The fraction of sp³-hybridized carbons (Fsp3) is 0.282. The number of benzene rings is 4. The molecule has 0 aliphatic carbocycles. The third kappa shape index (κ3) is 14.7. The lowest BCUT2D eigenvalue weighted by atomic mass is 10.1. The van der Waals surface area contributed by atoms with E-state index in [0.29, 0.717) is 151 Å². The molecular formula is C78H84BrCl3N28O4. The summed E-state index contributed by atoms with van der Waals surface area (Å²) in [5.74, 6) is 0.773. The average molecular weight is 1660 g/mol. The van der Waals surface area contributed by atoms with E-state index >= 15 is 0 Å². The van der Waals surface area contributed by atoms with Crippen molar-refractivity contribution >= 4 is 185 Å². The molecule has 16 aromatic rings. The first-order chi connectivity index (χ1) is 54.1. The van der Waals surface area contributed by atoms with E-state index in [1.807, 2.05) is 99.8 Å². The number of anilines is 4. The monoisotopic (exact) mass is 1660 g/mol. The maximum absolute atomic E-state index is 12.5. The van der Waals surface area contributed by atoms with Crippen molar-refractivity contribution in [1.29, 1.82) is 0 Å². The first-order valence-electron chi connectivity index (χ1n) is 36.3. The number of hydrogen-bond acceptors (Lipinski definition) is 20. The number of halogens is 4. The second-order valence-electron chi connectivity index (χ2n) is 30.2. The maximum atomic E-state index is 12.5. The van der Waals surface area contributed by atoms with Crippen LogP contribution in [0.1, 0.15) is 143 Å². The van der Waals surface area contributed by atoms with E-state index in [0.717, 1.165) is 66.6 Å². The summed E-state index contributed by atoms with van der Waals surface area (Å²) in [4.78, 5) is 95.6. The summed E-state index contributed by atoms with van der Waals surface area (Å²) in [6.07, 6.45) is 7.69. The Morgan fingerprint density at radius 2 is 0.719 bits per heavy atom. The molecule has 12 heterocycles. The number of nitrogens with two attached hydrogens (primary N) is 4. The summed E-state index contributed by atoms with van der Waals surface area (Å²) in [7, 11) is 4.79. The largest absolute Gasteiger partial charge is 0.383 e.